The Hall–Kier alpha value is -0.440. The third-order valence-corrected chi connectivity index (χ3v) is 2.57. The summed E-state index contributed by atoms with van der Waals surface area (Å²) in [6.45, 7) is 7.29. The van der Waals surface area contributed by atoms with E-state index in [9.17, 15) is 4.79 Å². The molecule has 0 aliphatic rings. The monoisotopic (exact) mass is 248 g/mol. The van der Waals surface area contributed by atoms with Crippen molar-refractivity contribution >= 4 is 14.8 Å². The zero-order valence-electron chi connectivity index (χ0n) is 10.7. The van der Waals surface area contributed by atoms with Crippen molar-refractivity contribution in [2.75, 3.05) is 47.1 Å². The van der Waals surface area contributed by atoms with Crippen LogP contribution in [0.5, 0.6) is 0 Å². The predicted octanol–water partition coefficient (Wildman–Crippen LogP) is 1.42. The number of carbonyl (C=O) groups is 1. The lowest BCUT2D eigenvalue weighted by molar-refractivity contribution is -0.870. The van der Waals surface area contributed by atoms with Crippen LogP contribution in [0, 0.1) is 0 Å². The molecule has 4 nitrogen and oxygen atoms in total. The van der Waals surface area contributed by atoms with E-state index in [0.29, 0.717) is 21.0 Å². The summed E-state index contributed by atoms with van der Waals surface area (Å²) >= 11 is 0. The molecule has 94 valence electrons. The second kappa shape index (κ2) is 7.77. The lowest BCUT2D eigenvalue weighted by Gasteiger charge is -2.23. The Kier molecular flexibility index (Phi) is 7.56. The molecule has 0 radical (unpaired) electrons. The SMILES string of the molecule is C=C(C)C(=O)OCCPOCC[N+](C)(C)C. The number of nitrogens with zero attached hydrogens (tertiary/aromatic N) is 1. The summed E-state index contributed by atoms with van der Waals surface area (Å²) in [6.07, 6.45) is 0.760. The molecule has 0 aromatic heterocycles. The van der Waals surface area contributed by atoms with Gasteiger partial charge in [0.05, 0.1) is 34.4 Å². The van der Waals surface area contributed by atoms with Crippen LogP contribution < -0.4 is 0 Å². The first-order valence-electron chi connectivity index (χ1n) is 5.30. The molecule has 0 aromatic carbocycles. The fraction of sp³-hybridized carbons (Fsp3) is 0.727. The minimum atomic E-state index is -0.323. The number of carbonyl (C=O) groups excluding carboxylic acids is 1. The van der Waals surface area contributed by atoms with E-state index in [4.69, 9.17) is 9.26 Å². The first kappa shape index (κ1) is 15.6. The van der Waals surface area contributed by atoms with Gasteiger partial charge in [0, 0.05) is 20.5 Å². The second-order valence-electron chi connectivity index (χ2n) is 4.67. The number of hydrogen-bond acceptors (Lipinski definition) is 3. The molecular weight excluding hydrogens is 225 g/mol. The average Bonchev–Trinajstić information content (AvgIpc) is 2.14. The molecule has 0 N–H and O–H groups in total. The summed E-state index contributed by atoms with van der Waals surface area (Å²) in [5.74, 6) is -0.323. The van der Waals surface area contributed by atoms with Gasteiger partial charge in [0.15, 0.2) is 0 Å². The summed E-state index contributed by atoms with van der Waals surface area (Å²) in [5, 5.41) is 0. The third-order valence-electron chi connectivity index (χ3n) is 1.75. The largest absolute Gasteiger partial charge is 0.462 e. The first-order valence-corrected chi connectivity index (χ1v) is 6.42. The number of likely N-dealkylation sites (N-methyl/N-ethyl adjacent to an activating group) is 1. The maximum Gasteiger partial charge on any atom is 0.333 e. The van der Waals surface area contributed by atoms with Crippen molar-refractivity contribution in [3.05, 3.63) is 12.2 Å². The zero-order valence-corrected chi connectivity index (χ0v) is 11.7. The van der Waals surface area contributed by atoms with Crippen LogP contribution in [-0.2, 0) is 14.1 Å². The summed E-state index contributed by atoms with van der Waals surface area (Å²) < 4.78 is 11.3. The smallest absolute Gasteiger partial charge is 0.333 e. The Bertz CT molecular complexity index is 236. The molecule has 1 unspecified atom stereocenters. The number of quaternary nitrogens is 1. The average molecular weight is 248 g/mol. The van der Waals surface area contributed by atoms with E-state index in [1.54, 1.807) is 6.92 Å². The van der Waals surface area contributed by atoms with Gasteiger partial charge in [0.1, 0.15) is 6.54 Å². The predicted molar refractivity (Wildman–Crippen MR) is 67.8 cm³/mol. The zero-order chi connectivity index (χ0) is 12.6. The van der Waals surface area contributed by atoms with Crippen molar-refractivity contribution in [3.8, 4) is 0 Å². The highest BCUT2D eigenvalue weighted by molar-refractivity contribution is 7.32. The van der Waals surface area contributed by atoms with E-state index in [2.05, 4.69) is 27.7 Å². The van der Waals surface area contributed by atoms with Crippen LogP contribution in [0.25, 0.3) is 0 Å². The van der Waals surface area contributed by atoms with E-state index in [1.165, 1.54) is 0 Å². The molecule has 0 fully saturated rings. The molecule has 0 aliphatic carbocycles. The minimum absolute atomic E-state index is 0.323. The Morgan fingerprint density at radius 1 is 1.31 bits per heavy atom. The minimum Gasteiger partial charge on any atom is -0.462 e. The van der Waals surface area contributed by atoms with Crippen LogP contribution in [0.4, 0.5) is 0 Å². The topological polar surface area (TPSA) is 35.5 Å². The molecule has 1 atom stereocenters. The van der Waals surface area contributed by atoms with Gasteiger partial charge in [-0.15, -0.1) is 0 Å². The van der Waals surface area contributed by atoms with Gasteiger partial charge in [-0.3, -0.25) is 0 Å². The summed E-state index contributed by atoms with van der Waals surface area (Å²) in [5.41, 5.74) is 0.439. The van der Waals surface area contributed by atoms with Crippen molar-refractivity contribution in [1.29, 1.82) is 0 Å². The van der Waals surface area contributed by atoms with Crippen molar-refractivity contribution in [3.63, 3.8) is 0 Å². The molecule has 16 heavy (non-hydrogen) atoms. The van der Waals surface area contributed by atoms with Gasteiger partial charge < -0.3 is 13.7 Å². The standard InChI is InChI=1S/C11H23NO3P/c1-10(2)11(13)14-8-9-16-15-7-6-12(3,4)5/h16H,1,6-9H2,2-5H3/q+1. The molecule has 0 rings (SSSR count). The molecular formula is C11H23NO3P+. The maximum absolute atomic E-state index is 11.0. The molecule has 0 aliphatic heterocycles. The Morgan fingerprint density at radius 2 is 1.94 bits per heavy atom. The number of ether oxygens (including phenoxy) is 1. The number of hydrogen-bond donors (Lipinski definition) is 0. The van der Waals surface area contributed by atoms with Gasteiger partial charge >= 0.3 is 5.97 Å². The molecule has 0 bridgehead atoms. The number of esters is 1. The van der Waals surface area contributed by atoms with Gasteiger partial charge in [-0.05, 0) is 6.92 Å². The molecule has 0 aromatic rings. The molecule has 0 amide bonds. The van der Waals surface area contributed by atoms with Crippen LogP contribution in [0.2, 0.25) is 0 Å². The van der Waals surface area contributed by atoms with E-state index in [0.717, 1.165) is 23.8 Å². The third kappa shape index (κ3) is 10.1. The quantitative estimate of drug-likeness (QED) is 0.214. The molecule has 0 saturated heterocycles. The van der Waals surface area contributed by atoms with Gasteiger partial charge in [-0.2, -0.15) is 0 Å². The Morgan fingerprint density at radius 3 is 2.44 bits per heavy atom. The normalized spacial score (nSPS) is 12.0. The lowest BCUT2D eigenvalue weighted by Crippen LogP contribution is -2.37. The highest BCUT2D eigenvalue weighted by Crippen LogP contribution is 2.11. The van der Waals surface area contributed by atoms with Crippen molar-refractivity contribution in [1.82, 2.24) is 0 Å². The van der Waals surface area contributed by atoms with Crippen molar-refractivity contribution in [2.24, 2.45) is 0 Å². The van der Waals surface area contributed by atoms with Gasteiger partial charge in [0.25, 0.3) is 0 Å². The summed E-state index contributed by atoms with van der Waals surface area (Å²) in [4.78, 5) is 11.0. The summed E-state index contributed by atoms with van der Waals surface area (Å²) in [6, 6.07) is 0. The molecule has 0 heterocycles. The highest BCUT2D eigenvalue weighted by Gasteiger charge is 2.06. The first-order chi connectivity index (χ1) is 7.33. The molecule has 0 saturated carbocycles. The lowest BCUT2D eigenvalue weighted by atomic mass is 10.4. The van der Waals surface area contributed by atoms with Crippen molar-refractivity contribution < 1.29 is 18.5 Å². The van der Waals surface area contributed by atoms with Crippen LogP contribution in [0.1, 0.15) is 6.92 Å². The second-order valence-corrected chi connectivity index (χ2v) is 5.75. The van der Waals surface area contributed by atoms with Crippen LogP contribution in [0.3, 0.4) is 0 Å². The summed E-state index contributed by atoms with van der Waals surface area (Å²) in [7, 11) is 6.77. The molecule has 5 heteroatoms. The highest BCUT2D eigenvalue weighted by atomic mass is 31.1. The fourth-order valence-corrected chi connectivity index (χ4v) is 1.34. The molecule has 0 spiro atoms. The number of rotatable bonds is 8. The van der Waals surface area contributed by atoms with Gasteiger partial charge in [-0.1, -0.05) is 6.58 Å². The van der Waals surface area contributed by atoms with E-state index >= 15 is 0 Å². The van der Waals surface area contributed by atoms with Gasteiger partial charge in [-0.25, -0.2) is 4.79 Å². The van der Waals surface area contributed by atoms with E-state index in [-0.39, 0.29) is 5.97 Å². The van der Waals surface area contributed by atoms with E-state index < -0.39 is 0 Å². The Balaban J connectivity index is 3.29. The van der Waals surface area contributed by atoms with Crippen molar-refractivity contribution in [2.45, 2.75) is 6.92 Å². The Labute approximate surface area is 100 Å². The van der Waals surface area contributed by atoms with Crippen LogP contribution in [0.15, 0.2) is 12.2 Å². The van der Waals surface area contributed by atoms with E-state index in [1.807, 2.05) is 0 Å². The van der Waals surface area contributed by atoms with Gasteiger partial charge in [0.2, 0.25) is 0 Å². The maximum atomic E-state index is 11.0. The van der Waals surface area contributed by atoms with Crippen LogP contribution in [-0.4, -0.2) is 57.5 Å². The fourth-order valence-electron chi connectivity index (χ4n) is 0.772. The van der Waals surface area contributed by atoms with Crippen LogP contribution >= 0.6 is 8.81 Å².